The highest BCUT2D eigenvalue weighted by atomic mass is 32.1. The molecule has 0 aliphatic heterocycles. The number of hydrogen-bond donors (Lipinski definition) is 2. The zero-order valence-corrected chi connectivity index (χ0v) is 19.2. The van der Waals surface area contributed by atoms with E-state index in [0.717, 1.165) is 41.9 Å². The second kappa shape index (κ2) is 10.5. The van der Waals surface area contributed by atoms with Gasteiger partial charge in [0.05, 0.1) is 22.7 Å². The lowest BCUT2D eigenvalue weighted by Gasteiger charge is -2.32. The van der Waals surface area contributed by atoms with Crippen molar-refractivity contribution in [2.75, 3.05) is 0 Å². The lowest BCUT2D eigenvalue weighted by atomic mass is 9.83. The van der Waals surface area contributed by atoms with Gasteiger partial charge in [0.15, 0.2) is 0 Å². The molecule has 1 aromatic carbocycles. The van der Waals surface area contributed by atoms with E-state index in [-0.39, 0.29) is 23.8 Å². The van der Waals surface area contributed by atoms with Gasteiger partial charge in [-0.3, -0.25) is 9.59 Å². The molecule has 0 unspecified atom stereocenters. The zero-order chi connectivity index (χ0) is 22.4. The number of nitrogens with zero attached hydrogens (tertiary/aromatic N) is 2. The van der Waals surface area contributed by atoms with Gasteiger partial charge in [0.25, 0.3) is 5.91 Å². The van der Waals surface area contributed by atoms with Crippen molar-refractivity contribution in [3.63, 3.8) is 0 Å². The largest absolute Gasteiger partial charge is 0.349 e. The third-order valence-electron chi connectivity index (χ3n) is 5.66. The van der Waals surface area contributed by atoms with Gasteiger partial charge < -0.3 is 10.6 Å². The van der Waals surface area contributed by atoms with Gasteiger partial charge >= 0.3 is 0 Å². The molecule has 2 aromatic rings. The fourth-order valence-corrected chi connectivity index (χ4v) is 4.67. The molecule has 0 bridgehead atoms. The summed E-state index contributed by atoms with van der Waals surface area (Å²) in [5.74, 6) is -0.294. The number of hydrogen-bond acceptors (Lipinski definition) is 5. The number of carbonyl (C=O) groups is 2. The van der Waals surface area contributed by atoms with Crippen molar-refractivity contribution in [1.29, 1.82) is 5.26 Å². The number of benzene rings is 1. The van der Waals surface area contributed by atoms with E-state index in [2.05, 4.69) is 21.7 Å². The van der Waals surface area contributed by atoms with Crippen molar-refractivity contribution in [2.45, 2.75) is 65.0 Å². The average molecular weight is 439 g/mol. The Kier molecular flexibility index (Phi) is 7.80. The number of carbonyl (C=O) groups excluding carboxylic acids is 2. The maximum absolute atomic E-state index is 12.9. The summed E-state index contributed by atoms with van der Waals surface area (Å²) in [4.78, 5) is 30.2. The Hall–Kier alpha value is -2.72. The number of thiazole rings is 1. The van der Waals surface area contributed by atoms with Crippen LogP contribution >= 0.6 is 11.3 Å². The van der Waals surface area contributed by atoms with Crippen molar-refractivity contribution in [3.8, 4) is 17.3 Å². The zero-order valence-electron chi connectivity index (χ0n) is 18.4. The maximum atomic E-state index is 12.9. The molecule has 0 saturated heterocycles. The first-order valence-electron chi connectivity index (χ1n) is 10.9. The highest BCUT2D eigenvalue weighted by Crippen LogP contribution is 2.26. The minimum Gasteiger partial charge on any atom is -0.349 e. The van der Waals surface area contributed by atoms with Gasteiger partial charge in [-0.2, -0.15) is 5.26 Å². The fraction of sp³-hybridized carbons (Fsp3) is 0.500. The molecule has 1 fully saturated rings. The Morgan fingerprint density at radius 2 is 1.94 bits per heavy atom. The molecule has 6 nitrogen and oxygen atoms in total. The predicted molar refractivity (Wildman–Crippen MR) is 122 cm³/mol. The van der Waals surface area contributed by atoms with E-state index < -0.39 is 6.04 Å². The number of rotatable bonds is 7. The van der Waals surface area contributed by atoms with E-state index in [4.69, 9.17) is 0 Å². The third-order valence-corrected chi connectivity index (χ3v) is 6.43. The van der Waals surface area contributed by atoms with Crippen LogP contribution in [0, 0.1) is 30.1 Å². The average Bonchev–Trinajstić information content (AvgIpc) is 3.19. The van der Waals surface area contributed by atoms with Crippen molar-refractivity contribution in [3.05, 3.63) is 40.2 Å². The van der Waals surface area contributed by atoms with Crippen molar-refractivity contribution in [2.24, 2.45) is 11.8 Å². The molecule has 31 heavy (non-hydrogen) atoms. The second-order valence-corrected chi connectivity index (χ2v) is 9.68. The van der Waals surface area contributed by atoms with Crippen molar-refractivity contribution < 1.29 is 9.59 Å². The van der Waals surface area contributed by atoms with Gasteiger partial charge in [-0.25, -0.2) is 4.98 Å². The van der Waals surface area contributed by atoms with Crippen LogP contribution in [-0.4, -0.2) is 28.9 Å². The number of nitriles is 1. The molecule has 164 valence electrons. The number of amides is 2. The lowest BCUT2D eigenvalue weighted by Crippen LogP contribution is -2.50. The quantitative estimate of drug-likeness (QED) is 0.667. The van der Waals surface area contributed by atoms with Crippen LogP contribution in [0.5, 0.6) is 0 Å². The minimum absolute atomic E-state index is 0.133. The summed E-state index contributed by atoms with van der Waals surface area (Å²) in [6, 6.07) is 8.86. The first kappa shape index (κ1) is 23.0. The topological polar surface area (TPSA) is 94.9 Å². The summed E-state index contributed by atoms with van der Waals surface area (Å²) >= 11 is 1.60. The van der Waals surface area contributed by atoms with E-state index >= 15 is 0 Å². The number of nitrogens with one attached hydrogen (secondary N) is 2. The first-order valence-corrected chi connectivity index (χ1v) is 11.8. The smallest absolute Gasteiger partial charge is 0.251 e. The predicted octanol–water partition coefficient (Wildman–Crippen LogP) is 4.46. The summed E-state index contributed by atoms with van der Waals surface area (Å²) in [5, 5.41) is 18.3. The van der Waals surface area contributed by atoms with Gasteiger partial charge in [0, 0.05) is 22.5 Å². The highest BCUT2D eigenvalue weighted by molar-refractivity contribution is 7.09. The molecule has 2 N–H and O–H groups in total. The SMILES string of the molecule is Cc1nc(-c2ccc(C(=O)N[C@H]3CCCC[C@H]3C(=O)N[C@H](C#N)CC(C)C)cc2)cs1. The van der Waals surface area contributed by atoms with Crippen LogP contribution in [0.15, 0.2) is 29.6 Å². The molecule has 7 heteroatoms. The highest BCUT2D eigenvalue weighted by Gasteiger charge is 2.33. The summed E-state index contributed by atoms with van der Waals surface area (Å²) in [5.41, 5.74) is 2.45. The Morgan fingerprint density at radius 3 is 2.55 bits per heavy atom. The third kappa shape index (κ3) is 6.14. The summed E-state index contributed by atoms with van der Waals surface area (Å²) < 4.78 is 0. The molecular weight excluding hydrogens is 408 g/mol. The van der Waals surface area contributed by atoms with E-state index in [1.165, 1.54) is 0 Å². The normalized spacial score (nSPS) is 19.5. The van der Waals surface area contributed by atoms with Crippen LogP contribution in [0.4, 0.5) is 0 Å². The molecule has 2 amide bonds. The Bertz CT molecular complexity index is 945. The van der Waals surface area contributed by atoms with E-state index in [1.807, 2.05) is 38.3 Å². The molecule has 1 heterocycles. The molecule has 1 aromatic heterocycles. The molecule has 1 aliphatic rings. The molecule has 3 rings (SSSR count). The van der Waals surface area contributed by atoms with Gasteiger partial charge in [0.1, 0.15) is 6.04 Å². The Labute approximate surface area is 188 Å². The molecule has 0 spiro atoms. The Morgan fingerprint density at radius 1 is 1.23 bits per heavy atom. The number of aryl methyl sites for hydroxylation is 1. The van der Waals surface area contributed by atoms with Gasteiger partial charge in [0.2, 0.25) is 5.91 Å². The standard InChI is InChI=1S/C24H30N4O2S/c1-15(2)12-19(13-25)27-24(30)20-6-4-5-7-21(20)28-23(29)18-10-8-17(9-11-18)22-14-31-16(3)26-22/h8-11,14-15,19-21H,4-7,12H2,1-3H3,(H,27,30)(H,28,29)/t19-,20+,21-/m0/s1. The summed E-state index contributed by atoms with van der Waals surface area (Å²) in [6.07, 6.45) is 4.04. The van der Waals surface area contributed by atoms with Crippen LogP contribution in [0.3, 0.4) is 0 Å². The summed E-state index contributed by atoms with van der Waals surface area (Å²) in [6.45, 7) is 6.02. The first-order chi connectivity index (χ1) is 14.9. The van der Waals surface area contributed by atoms with Crippen LogP contribution in [0.1, 0.15) is 61.3 Å². The molecule has 0 radical (unpaired) electrons. The van der Waals surface area contributed by atoms with Crippen molar-refractivity contribution >= 4 is 23.2 Å². The molecule has 3 atom stereocenters. The maximum Gasteiger partial charge on any atom is 0.251 e. The van der Waals surface area contributed by atoms with Crippen LogP contribution in [0.25, 0.3) is 11.3 Å². The van der Waals surface area contributed by atoms with Crippen LogP contribution in [0.2, 0.25) is 0 Å². The van der Waals surface area contributed by atoms with Gasteiger partial charge in [-0.1, -0.05) is 38.8 Å². The van der Waals surface area contributed by atoms with Crippen molar-refractivity contribution in [1.82, 2.24) is 15.6 Å². The van der Waals surface area contributed by atoms with Gasteiger partial charge in [-0.05, 0) is 44.2 Å². The Balaban J connectivity index is 1.64. The monoisotopic (exact) mass is 438 g/mol. The fourth-order valence-electron chi connectivity index (χ4n) is 4.05. The van der Waals surface area contributed by atoms with E-state index in [1.54, 1.807) is 23.5 Å². The van der Waals surface area contributed by atoms with E-state index in [0.29, 0.717) is 17.9 Å². The minimum atomic E-state index is -0.493. The molecule has 1 saturated carbocycles. The van der Waals surface area contributed by atoms with Crippen LogP contribution < -0.4 is 10.6 Å². The summed E-state index contributed by atoms with van der Waals surface area (Å²) in [7, 11) is 0. The lowest BCUT2D eigenvalue weighted by molar-refractivity contribution is -0.127. The molecular formula is C24H30N4O2S. The van der Waals surface area contributed by atoms with E-state index in [9.17, 15) is 14.9 Å². The number of aromatic nitrogens is 1. The van der Waals surface area contributed by atoms with Gasteiger partial charge in [-0.15, -0.1) is 11.3 Å². The molecule has 1 aliphatic carbocycles. The van der Waals surface area contributed by atoms with Crippen LogP contribution in [-0.2, 0) is 4.79 Å². The second-order valence-electron chi connectivity index (χ2n) is 8.62.